The van der Waals surface area contributed by atoms with Crippen LogP contribution in [0.2, 0.25) is 0 Å². The van der Waals surface area contributed by atoms with Crippen molar-refractivity contribution < 1.29 is 9.85 Å². The second-order valence-electron chi connectivity index (χ2n) is 5.38. The van der Waals surface area contributed by atoms with E-state index in [1.54, 1.807) is 18.2 Å². The van der Waals surface area contributed by atoms with Crippen LogP contribution in [0.5, 0.6) is 0 Å². The van der Waals surface area contributed by atoms with Crippen LogP contribution in [0.1, 0.15) is 0 Å². The molecule has 1 saturated heterocycles. The number of rotatable bonds is 4. The molecule has 0 bridgehead atoms. The minimum absolute atomic E-state index is 0.0334. The van der Waals surface area contributed by atoms with Crippen molar-refractivity contribution in [2.45, 2.75) is 0 Å². The molecule has 1 aliphatic rings. The van der Waals surface area contributed by atoms with Gasteiger partial charge in [-0.25, -0.2) is 4.98 Å². The van der Waals surface area contributed by atoms with Gasteiger partial charge in [0.15, 0.2) is 0 Å². The first kappa shape index (κ1) is 15.7. The Balaban J connectivity index is 1.66. The summed E-state index contributed by atoms with van der Waals surface area (Å²) in [5, 5.41) is 21.5. The molecule has 0 N–H and O–H groups in total. The second-order valence-corrected chi connectivity index (χ2v) is 5.38. The Morgan fingerprint density at radius 3 is 2.12 bits per heavy atom. The lowest BCUT2D eigenvalue weighted by atomic mass is 10.2. The fraction of sp³-hybridized carbons (Fsp3) is 0.267. The van der Waals surface area contributed by atoms with Crippen molar-refractivity contribution in [1.82, 2.24) is 4.98 Å². The minimum Gasteiger partial charge on any atom is -0.368 e. The average Bonchev–Trinajstić information content (AvgIpc) is 2.62. The predicted octanol–water partition coefficient (Wildman–Crippen LogP) is 2.22. The molecule has 0 amide bonds. The third-order valence-corrected chi connectivity index (χ3v) is 3.95. The molecule has 2 heterocycles. The standard InChI is InChI=1S/C15H15N5O4/c21-19(22)13-3-1-2-12(10-13)17-6-8-18(9-7-17)15-5-4-14(11-16-15)20(23)24/h1-5,10-11H,6-9H2. The number of nitrogens with zero attached hydrogens (tertiary/aromatic N) is 5. The van der Waals surface area contributed by atoms with Crippen LogP contribution in [0, 0.1) is 20.2 Å². The molecule has 3 rings (SSSR count). The van der Waals surface area contributed by atoms with E-state index in [9.17, 15) is 20.2 Å². The molecule has 1 aromatic heterocycles. The molecule has 24 heavy (non-hydrogen) atoms. The number of non-ortho nitro benzene ring substituents is 1. The van der Waals surface area contributed by atoms with Crippen molar-refractivity contribution >= 4 is 22.9 Å². The van der Waals surface area contributed by atoms with Crippen LogP contribution in [-0.4, -0.2) is 41.0 Å². The van der Waals surface area contributed by atoms with E-state index in [0.29, 0.717) is 32.0 Å². The highest BCUT2D eigenvalue weighted by atomic mass is 16.6. The summed E-state index contributed by atoms with van der Waals surface area (Å²) in [5.41, 5.74) is 0.862. The number of nitro benzene ring substituents is 1. The SMILES string of the molecule is O=[N+]([O-])c1ccc(N2CCN(c3cccc([N+](=O)[O-])c3)CC2)nc1. The molecule has 1 fully saturated rings. The maximum Gasteiger partial charge on any atom is 0.287 e. The monoisotopic (exact) mass is 329 g/mol. The van der Waals surface area contributed by atoms with Crippen molar-refractivity contribution in [2.75, 3.05) is 36.0 Å². The van der Waals surface area contributed by atoms with Crippen molar-refractivity contribution in [2.24, 2.45) is 0 Å². The Labute approximate surface area is 137 Å². The molecular weight excluding hydrogens is 314 g/mol. The lowest BCUT2D eigenvalue weighted by Gasteiger charge is -2.36. The summed E-state index contributed by atoms with van der Waals surface area (Å²) in [6.45, 7) is 2.76. The Hall–Kier alpha value is -3.23. The Kier molecular flexibility index (Phi) is 4.23. The molecule has 0 saturated carbocycles. The van der Waals surface area contributed by atoms with Crippen LogP contribution < -0.4 is 9.80 Å². The third kappa shape index (κ3) is 3.24. The van der Waals surface area contributed by atoms with E-state index in [2.05, 4.69) is 9.88 Å². The van der Waals surface area contributed by atoms with Gasteiger partial charge in [0.2, 0.25) is 0 Å². The highest BCUT2D eigenvalue weighted by Gasteiger charge is 2.20. The van der Waals surface area contributed by atoms with Gasteiger partial charge in [0, 0.05) is 50.1 Å². The molecule has 9 heteroatoms. The predicted molar refractivity (Wildman–Crippen MR) is 88.4 cm³/mol. The van der Waals surface area contributed by atoms with E-state index >= 15 is 0 Å². The molecule has 0 radical (unpaired) electrons. The first-order chi connectivity index (χ1) is 11.5. The summed E-state index contributed by atoms with van der Waals surface area (Å²) in [5.74, 6) is 0.694. The van der Waals surface area contributed by atoms with Crippen LogP contribution in [0.3, 0.4) is 0 Å². The van der Waals surface area contributed by atoms with Crippen LogP contribution in [0.4, 0.5) is 22.9 Å². The van der Waals surface area contributed by atoms with Crippen LogP contribution in [0.25, 0.3) is 0 Å². The summed E-state index contributed by atoms with van der Waals surface area (Å²) in [7, 11) is 0. The number of nitro groups is 2. The van der Waals surface area contributed by atoms with Crippen molar-refractivity contribution in [3.63, 3.8) is 0 Å². The third-order valence-electron chi connectivity index (χ3n) is 3.95. The van der Waals surface area contributed by atoms with Gasteiger partial charge in [-0.05, 0) is 12.1 Å². The van der Waals surface area contributed by atoms with Crippen molar-refractivity contribution in [3.05, 3.63) is 62.8 Å². The number of anilines is 2. The number of hydrogen-bond donors (Lipinski definition) is 0. The quantitative estimate of drug-likeness (QED) is 0.625. The summed E-state index contributed by atoms with van der Waals surface area (Å²) >= 11 is 0. The Morgan fingerprint density at radius 2 is 1.54 bits per heavy atom. The first-order valence-electron chi connectivity index (χ1n) is 7.39. The lowest BCUT2D eigenvalue weighted by molar-refractivity contribution is -0.385. The van der Waals surface area contributed by atoms with Gasteiger partial charge in [0.05, 0.1) is 9.85 Å². The van der Waals surface area contributed by atoms with Crippen LogP contribution >= 0.6 is 0 Å². The molecule has 0 unspecified atom stereocenters. The van der Waals surface area contributed by atoms with E-state index in [1.807, 2.05) is 11.0 Å². The van der Waals surface area contributed by atoms with Gasteiger partial charge < -0.3 is 9.80 Å². The zero-order chi connectivity index (χ0) is 17.1. The van der Waals surface area contributed by atoms with Gasteiger partial charge in [0.25, 0.3) is 11.4 Å². The number of benzene rings is 1. The van der Waals surface area contributed by atoms with Gasteiger partial charge in [-0.3, -0.25) is 20.2 Å². The van der Waals surface area contributed by atoms with E-state index in [1.165, 1.54) is 18.3 Å². The number of piperazine rings is 1. The topological polar surface area (TPSA) is 106 Å². The van der Waals surface area contributed by atoms with Crippen molar-refractivity contribution in [1.29, 1.82) is 0 Å². The van der Waals surface area contributed by atoms with Gasteiger partial charge >= 0.3 is 0 Å². The fourth-order valence-corrected chi connectivity index (χ4v) is 2.67. The van der Waals surface area contributed by atoms with Crippen LogP contribution in [0.15, 0.2) is 42.6 Å². The minimum atomic E-state index is -0.475. The number of hydrogen-bond acceptors (Lipinski definition) is 7. The molecule has 9 nitrogen and oxygen atoms in total. The maximum absolute atomic E-state index is 10.9. The lowest BCUT2D eigenvalue weighted by Crippen LogP contribution is -2.46. The molecule has 0 spiro atoms. The highest BCUT2D eigenvalue weighted by molar-refractivity contribution is 5.55. The molecule has 0 atom stereocenters. The van der Waals surface area contributed by atoms with Gasteiger partial charge in [-0.2, -0.15) is 0 Å². The average molecular weight is 329 g/mol. The van der Waals surface area contributed by atoms with Gasteiger partial charge in [0.1, 0.15) is 12.0 Å². The summed E-state index contributed by atoms with van der Waals surface area (Å²) in [6, 6.07) is 9.65. The molecule has 1 aliphatic heterocycles. The zero-order valence-corrected chi connectivity index (χ0v) is 12.7. The molecule has 0 aliphatic carbocycles. The summed E-state index contributed by atoms with van der Waals surface area (Å²) in [6.07, 6.45) is 1.25. The Morgan fingerprint density at radius 1 is 0.875 bits per heavy atom. The normalized spacial score (nSPS) is 14.5. The van der Waals surface area contributed by atoms with E-state index in [4.69, 9.17) is 0 Å². The molecular formula is C15H15N5O4. The molecule has 2 aromatic rings. The fourth-order valence-electron chi connectivity index (χ4n) is 2.67. The smallest absolute Gasteiger partial charge is 0.287 e. The van der Waals surface area contributed by atoms with E-state index in [0.717, 1.165) is 5.69 Å². The van der Waals surface area contributed by atoms with E-state index in [-0.39, 0.29) is 11.4 Å². The number of aromatic nitrogens is 1. The highest BCUT2D eigenvalue weighted by Crippen LogP contribution is 2.24. The molecule has 1 aromatic carbocycles. The van der Waals surface area contributed by atoms with Crippen molar-refractivity contribution in [3.8, 4) is 0 Å². The van der Waals surface area contributed by atoms with Gasteiger partial charge in [-0.1, -0.05) is 6.07 Å². The maximum atomic E-state index is 10.9. The Bertz CT molecular complexity index is 757. The van der Waals surface area contributed by atoms with Gasteiger partial charge in [-0.15, -0.1) is 0 Å². The van der Waals surface area contributed by atoms with E-state index < -0.39 is 9.85 Å². The van der Waals surface area contributed by atoms with Crippen LogP contribution in [-0.2, 0) is 0 Å². The zero-order valence-electron chi connectivity index (χ0n) is 12.7. The molecule has 124 valence electrons. The first-order valence-corrected chi connectivity index (χ1v) is 7.39. The number of pyridine rings is 1. The summed E-state index contributed by atoms with van der Waals surface area (Å²) < 4.78 is 0. The second kappa shape index (κ2) is 6.49. The largest absolute Gasteiger partial charge is 0.368 e. The summed E-state index contributed by atoms with van der Waals surface area (Å²) in [4.78, 5) is 28.9.